The van der Waals surface area contributed by atoms with E-state index in [1.165, 1.54) is 38.5 Å². The molecule has 0 saturated heterocycles. The Labute approximate surface area is 177 Å². The molecule has 28 heavy (non-hydrogen) atoms. The van der Waals surface area contributed by atoms with E-state index in [4.69, 9.17) is 0 Å². The minimum atomic E-state index is 0. The van der Waals surface area contributed by atoms with Crippen LogP contribution in [0.3, 0.4) is 0 Å². The molecule has 0 amide bonds. The Bertz CT molecular complexity index is 981. The number of halogens is 1. The molecule has 1 nitrogen and oxygen atoms in total. The van der Waals surface area contributed by atoms with Crippen LogP contribution >= 0.6 is 11.3 Å². The van der Waals surface area contributed by atoms with Crippen molar-refractivity contribution in [3.05, 3.63) is 94.9 Å². The van der Waals surface area contributed by atoms with Crippen molar-refractivity contribution in [3.63, 3.8) is 0 Å². The molecule has 3 aromatic carbocycles. The summed E-state index contributed by atoms with van der Waals surface area (Å²) in [7, 11) is 0. The zero-order valence-electron chi connectivity index (χ0n) is 16.2. The van der Waals surface area contributed by atoms with Gasteiger partial charge in [-0.2, -0.15) is 4.57 Å². The Hall–Kier alpha value is -2.42. The molecule has 4 rings (SSSR count). The third-order valence-corrected chi connectivity index (χ3v) is 6.14. The van der Waals surface area contributed by atoms with Gasteiger partial charge in [-0.3, -0.25) is 0 Å². The van der Waals surface area contributed by atoms with Crippen molar-refractivity contribution in [1.29, 1.82) is 0 Å². The van der Waals surface area contributed by atoms with Gasteiger partial charge in [0, 0.05) is 6.42 Å². The van der Waals surface area contributed by atoms with Crippen molar-refractivity contribution in [2.45, 2.75) is 26.7 Å². The molecule has 0 aliphatic heterocycles. The smallest absolute Gasteiger partial charge is 0.231 e. The van der Waals surface area contributed by atoms with Gasteiger partial charge >= 0.3 is 0 Å². The van der Waals surface area contributed by atoms with Crippen LogP contribution in [0.25, 0.3) is 27.9 Å². The van der Waals surface area contributed by atoms with Gasteiger partial charge in [0.1, 0.15) is 0 Å². The summed E-state index contributed by atoms with van der Waals surface area (Å²) in [5, 5.41) is 0. The third-order valence-electron chi connectivity index (χ3n) is 5.02. The van der Waals surface area contributed by atoms with E-state index in [0.717, 1.165) is 12.8 Å². The Morgan fingerprint density at radius 3 is 1.68 bits per heavy atom. The summed E-state index contributed by atoms with van der Waals surface area (Å²) in [5.41, 5.74) is 10.0. The number of aromatic nitrogens is 1. The van der Waals surface area contributed by atoms with Gasteiger partial charge in [0.25, 0.3) is 0 Å². The van der Waals surface area contributed by atoms with Crippen LogP contribution in [-0.4, -0.2) is 0 Å². The molecule has 0 aliphatic rings. The maximum Gasteiger partial charge on any atom is 0.231 e. The van der Waals surface area contributed by atoms with Gasteiger partial charge in [-0.1, -0.05) is 91.9 Å². The molecule has 0 unspecified atom stereocenters. The van der Waals surface area contributed by atoms with Crippen molar-refractivity contribution in [1.82, 2.24) is 0 Å². The molecule has 0 saturated carbocycles. The number of rotatable bonds is 5. The van der Waals surface area contributed by atoms with Crippen molar-refractivity contribution in [2.24, 2.45) is 0 Å². The normalized spacial score (nSPS) is 10.5. The van der Waals surface area contributed by atoms with Crippen LogP contribution in [-0.2, 0) is 12.8 Å². The summed E-state index contributed by atoms with van der Waals surface area (Å²) in [4.78, 5) is 1.47. The van der Waals surface area contributed by atoms with Gasteiger partial charge in [-0.25, -0.2) is 0 Å². The van der Waals surface area contributed by atoms with Crippen LogP contribution in [0.5, 0.6) is 0 Å². The highest BCUT2D eigenvalue weighted by atomic mass is 35.5. The van der Waals surface area contributed by atoms with E-state index in [1.54, 1.807) is 0 Å². The van der Waals surface area contributed by atoms with Gasteiger partial charge in [0.15, 0.2) is 0 Å². The SMILES string of the molecule is CCc1sc[n+](-c2c(-c3ccccc3)cccc2-c2ccccc2)c1CC.[Cl-]. The molecule has 3 heteroatoms. The van der Waals surface area contributed by atoms with E-state index in [0.29, 0.717) is 0 Å². The predicted octanol–water partition coefficient (Wildman–Crippen LogP) is 3.49. The van der Waals surface area contributed by atoms with Crippen LogP contribution in [0.2, 0.25) is 0 Å². The van der Waals surface area contributed by atoms with E-state index < -0.39 is 0 Å². The Morgan fingerprint density at radius 1 is 0.679 bits per heavy atom. The number of hydrogen-bond acceptors (Lipinski definition) is 1. The average Bonchev–Trinajstić information content (AvgIpc) is 3.17. The number of aryl methyl sites for hydroxylation is 1. The topological polar surface area (TPSA) is 3.88 Å². The maximum atomic E-state index is 2.42. The summed E-state index contributed by atoms with van der Waals surface area (Å²) in [5.74, 6) is 0. The fourth-order valence-corrected chi connectivity index (χ4v) is 4.74. The van der Waals surface area contributed by atoms with Gasteiger partial charge in [-0.15, -0.1) is 0 Å². The molecule has 0 aliphatic carbocycles. The number of para-hydroxylation sites is 1. The Balaban J connectivity index is 0.00000225. The summed E-state index contributed by atoms with van der Waals surface area (Å²) >= 11 is 1.87. The molecule has 0 radical (unpaired) electrons. The molecule has 0 bridgehead atoms. The lowest BCUT2D eigenvalue weighted by molar-refractivity contribution is -0.597. The van der Waals surface area contributed by atoms with Crippen molar-refractivity contribution in [3.8, 4) is 27.9 Å². The van der Waals surface area contributed by atoms with E-state index in [9.17, 15) is 0 Å². The maximum absolute atomic E-state index is 2.42. The predicted molar refractivity (Wildman–Crippen MR) is 115 cm³/mol. The highest BCUT2D eigenvalue weighted by molar-refractivity contribution is 7.09. The molecule has 1 heterocycles. The Kier molecular flexibility index (Phi) is 6.66. The number of benzene rings is 3. The van der Waals surface area contributed by atoms with Crippen LogP contribution in [0.4, 0.5) is 0 Å². The minimum absolute atomic E-state index is 0. The van der Waals surface area contributed by atoms with Crippen molar-refractivity contribution in [2.75, 3.05) is 0 Å². The van der Waals surface area contributed by atoms with E-state index >= 15 is 0 Å². The number of nitrogens with zero attached hydrogens (tertiary/aromatic N) is 1. The molecule has 142 valence electrons. The average molecular weight is 406 g/mol. The summed E-state index contributed by atoms with van der Waals surface area (Å²) in [6.45, 7) is 4.50. The molecule has 1 aromatic heterocycles. The zero-order valence-corrected chi connectivity index (χ0v) is 17.8. The van der Waals surface area contributed by atoms with Crippen LogP contribution in [0.15, 0.2) is 84.4 Å². The monoisotopic (exact) mass is 405 g/mol. The van der Waals surface area contributed by atoms with Crippen LogP contribution in [0, 0.1) is 0 Å². The highest BCUT2D eigenvalue weighted by Gasteiger charge is 2.26. The van der Waals surface area contributed by atoms with E-state index in [-0.39, 0.29) is 12.4 Å². The first-order valence-corrected chi connectivity index (χ1v) is 10.5. The van der Waals surface area contributed by atoms with Crippen LogP contribution < -0.4 is 17.0 Å². The second-order valence-electron chi connectivity index (χ2n) is 6.60. The van der Waals surface area contributed by atoms with E-state index in [1.807, 2.05) is 11.3 Å². The molecular weight excluding hydrogens is 382 g/mol. The lowest BCUT2D eigenvalue weighted by atomic mass is 9.95. The number of hydrogen-bond donors (Lipinski definition) is 0. The first-order valence-electron chi connectivity index (χ1n) is 9.58. The zero-order chi connectivity index (χ0) is 18.6. The van der Waals surface area contributed by atoms with Crippen molar-refractivity contribution >= 4 is 11.3 Å². The van der Waals surface area contributed by atoms with Crippen LogP contribution in [0.1, 0.15) is 24.4 Å². The lowest BCUT2D eigenvalue weighted by Gasteiger charge is -2.11. The lowest BCUT2D eigenvalue weighted by Crippen LogP contribution is -3.00. The van der Waals surface area contributed by atoms with Gasteiger partial charge in [0.05, 0.1) is 16.0 Å². The summed E-state index contributed by atoms with van der Waals surface area (Å²) < 4.78 is 2.42. The molecule has 0 fully saturated rings. The second-order valence-corrected chi connectivity index (χ2v) is 7.54. The molecule has 0 N–H and O–H groups in total. The Morgan fingerprint density at radius 2 is 1.21 bits per heavy atom. The second kappa shape index (κ2) is 9.18. The molecular formula is C25H24ClNS. The van der Waals surface area contributed by atoms with E-state index in [2.05, 4.69) is 103 Å². The van der Waals surface area contributed by atoms with Crippen molar-refractivity contribution < 1.29 is 17.0 Å². The minimum Gasteiger partial charge on any atom is -1.00 e. The first-order chi connectivity index (χ1) is 13.3. The standard InChI is InChI=1S/C25H24NS.ClH/c1-3-23-24(4-2)27-18-26(23)25-21(19-12-7-5-8-13-19)16-11-17-22(25)20-14-9-6-10-15-20;/h5-18H,3-4H2,1-2H3;1H/q+1;/p-1. The third kappa shape index (κ3) is 3.76. The first kappa shape index (κ1) is 20.3. The van der Waals surface area contributed by atoms with Gasteiger partial charge in [0.2, 0.25) is 16.9 Å². The molecule has 4 aromatic rings. The molecule has 0 atom stereocenters. The summed E-state index contributed by atoms with van der Waals surface area (Å²) in [6, 6.07) is 28.1. The highest BCUT2D eigenvalue weighted by Crippen LogP contribution is 2.33. The fourth-order valence-electron chi connectivity index (χ4n) is 3.73. The van der Waals surface area contributed by atoms with Gasteiger partial charge in [-0.05, 0) is 29.7 Å². The van der Waals surface area contributed by atoms with Gasteiger partial charge < -0.3 is 12.4 Å². The molecule has 0 spiro atoms. The summed E-state index contributed by atoms with van der Waals surface area (Å²) in [6.07, 6.45) is 2.11. The fraction of sp³-hybridized carbons (Fsp3) is 0.160. The number of thiazole rings is 1. The quantitative estimate of drug-likeness (QED) is 0.447. The largest absolute Gasteiger partial charge is 1.00 e.